The van der Waals surface area contributed by atoms with Crippen molar-refractivity contribution in [2.24, 2.45) is 0 Å². The number of ether oxygens (including phenoxy) is 1. The summed E-state index contributed by atoms with van der Waals surface area (Å²) in [6, 6.07) is 12.5. The molecule has 5 rings (SSSR count). The standard InChI is InChI=1S/C23H28N4O2/c1-23(2)13-16-5-3-6-17(21(16)29-23)15-27-20-8-4-7-19(18(20)14-25-22(27)28)26-11-9-24-10-12-26/h3-8,24H,9-15H2,1-2H3,(H,25,28). The topological polar surface area (TPSA) is 56.8 Å². The average Bonchev–Trinajstić information content (AvgIpc) is 3.05. The van der Waals surface area contributed by atoms with E-state index >= 15 is 0 Å². The maximum atomic E-state index is 12.8. The second-order valence-corrected chi connectivity index (χ2v) is 8.70. The van der Waals surface area contributed by atoms with Crippen molar-refractivity contribution in [3.05, 3.63) is 53.1 Å². The van der Waals surface area contributed by atoms with Crippen molar-refractivity contribution in [3.8, 4) is 5.75 Å². The molecule has 3 heterocycles. The Morgan fingerprint density at radius 2 is 1.83 bits per heavy atom. The summed E-state index contributed by atoms with van der Waals surface area (Å²) in [5.41, 5.74) is 5.51. The number of fused-ring (bicyclic) bond motifs is 2. The van der Waals surface area contributed by atoms with Crippen LogP contribution in [0.15, 0.2) is 36.4 Å². The second-order valence-electron chi connectivity index (χ2n) is 8.70. The van der Waals surface area contributed by atoms with Gasteiger partial charge in [-0.05, 0) is 31.5 Å². The van der Waals surface area contributed by atoms with E-state index in [-0.39, 0.29) is 11.6 Å². The zero-order valence-electron chi connectivity index (χ0n) is 17.1. The summed E-state index contributed by atoms with van der Waals surface area (Å²) in [6.45, 7) is 9.24. The fourth-order valence-corrected chi connectivity index (χ4v) is 4.70. The third-order valence-corrected chi connectivity index (χ3v) is 6.04. The van der Waals surface area contributed by atoms with Crippen LogP contribution in [0.3, 0.4) is 0 Å². The van der Waals surface area contributed by atoms with Crippen LogP contribution < -0.4 is 25.2 Å². The largest absolute Gasteiger partial charge is 0.487 e. The van der Waals surface area contributed by atoms with Gasteiger partial charge in [-0.25, -0.2) is 4.79 Å². The van der Waals surface area contributed by atoms with Crippen molar-refractivity contribution in [2.75, 3.05) is 36.0 Å². The molecule has 0 saturated carbocycles. The van der Waals surface area contributed by atoms with Crippen LogP contribution in [0, 0.1) is 0 Å². The van der Waals surface area contributed by atoms with Crippen LogP contribution in [-0.4, -0.2) is 37.8 Å². The lowest BCUT2D eigenvalue weighted by atomic mass is 10.00. The summed E-state index contributed by atoms with van der Waals surface area (Å²) in [7, 11) is 0. The monoisotopic (exact) mass is 392 g/mol. The zero-order chi connectivity index (χ0) is 20.0. The number of nitrogens with zero attached hydrogens (tertiary/aromatic N) is 2. The van der Waals surface area contributed by atoms with Gasteiger partial charge in [0.05, 0.1) is 12.2 Å². The zero-order valence-corrected chi connectivity index (χ0v) is 17.1. The predicted octanol–water partition coefficient (Wildman–Crippen LogP) is 3.04. The first-order valence-corrected chi connectivity index (χ1v) is 10.4. The van der Waals surface area contributed by atoms with E-state index in [1.54, 1.807) is 0 Å². The summed E-state index contributed by atoms with van der Waals surface area (Å²) >= 11 is 0. The number of nitrogens with one attached hydrogen (secondary N) is 2. The van der Waals surface area contributed by atoms with Gasteiger partial charge in [-0.1, -0.05) is 24.3 Å². The molecule has 0 atom stereocenters. The molecule has 3 aliphatic heterocycles. The van der Waals surface area contributed by atoms with Crippen LogP contribution in [0.1, 0.15) is 30.5 Å². The number of rotatable bonds is 3. The molecule has 1 saturated heterocycles. The van der Waals surface area contributed by atoms with Gasteiger partial charge in [-0.2, -0.15) is 0 Å². The minimum absolute atomic E-state index is 0.0511. The van der Waals surface area contributed by atoms with E-state index in [0.29, 0.717) is 13.1 Å². The van der Waals surface area contributed by atoms with Crippen LogP contribution in [0.5, 0.6) is 5.75 Å². The molecule has 6 nitrogen and oxygen atoms in total. The van der Waals surface area contributed by atoms with Crippen LogP contribution in [0.2, 0.25) is 0 Å². The molecule has 1 fully saturated rings. The number of carbonyl (C=O) groups is 1. The van der Waals surface area contributed by atoms with E-state index < -0.39 is 0 Å². The van der Waals surface area contributed by atoms with Crippen molar-refractivity contribution in [3.63, 3.8) is 0 Å². The predicted molar refractivity (Wildman–Crippen MR) is 115 cm³/mol. The van der Waals surface area contributed by atoms with Crippen molar-refractivity contribution >= 4 is 17.4 Å². The molecular weight excluding hydrogens is 364 g/mol. The maximum absolute atomic E-state index is 12.8. The van der Waals surface area contributed by atoms with Gasteiger partial charge in [0.25, 0.3) is 0 Å². The second kappa shape index (κ2) is 6.95. The van der Waals surface area contributed by atoms with Crippen molar-refractivity contribution < 1.29 is 9.53 Å². The Kier molecular flexibility index (Phi) is 4.39. The number of carbonyl (C=O) groups excluding carboxylic acids is 1. The van der Waals surface area contributed by atoms with E-state index in [9.17, 15) is 4.79 Å². The van der Waals surface area contributed by atoms with Gasteiger partial charge < -0.3 is 20.3 Å². The number of hydrogen-bond donors (Lipinski definition) is 2. The summed E-state index contributed by atoms with van der Waals surface area (Å²) in [5, 5.41) is 6.48. The molecule has 2 amide bonds. The molecule has 152 valence electrons. The summed E-state index contributed by atoms with van der Waals surface area (Å²) in [6.07, 6.45) is 0.895. The molecular formula is C23H28N4O2. The highest BCUT2D eigenvalue weighted by Crippen LogP contribution is 2.40. The Bertz CT molecular complexity index is 950. The highest BCUT2D eigenvalue weighted by atomic mass is 16.5. The van der Waals surface area contributed by atoms with Gasteiger partial charge >= 0.3 is 6.03 Å². The first-order chi connectivity index (χ1) is 14.0. The Labute approximate surface area is 171 Å². The molecule has 0 aliphatic carbocycles. The Morgan fingerprint density at radius 1 is 1.07 bits per heavy atom. The van der Waals surface area contributed by atoms with Gasteiger partial charge in [-0.3, -0.25) is 4.90 Å². The summed E-state index contributed by atoms with van der Waals surface area (Å²) < 4.78 is 6.24. The SMILES string of the molecule is CC1(C)Cc2cccc(CN3C(=O)NCc4c(N5CCNCC5)cccc43)c2O1. The van der Waals surface area contributed by atoms with Gasteiger partial charge in [0, 0.05) is 56.0 Å². The summed E-state index contributed by atoms with van der Waals surface area (Å²) in [4.78, 5) is 17.1. The van der Waals surface area contributed by atoms with Crippen LogP contribution >= 0.6 is 0 Å². The number of piperazine rings is 1. The molecule has 3 aliphatic rings. The number of hydrogen-bond acceptors (Lipinski definition) is 4. The smallest absolute Gasteiger partial charge is 0.322 e. The van der Waals surface area contributed by atoms with E-state index in [4.69, 9.17) is 4.74 Å². The molecule has 29 heavy (non-hydrogen) atoms. The van der Waals surface area contributed by atoms with Gasteiger partial charge in [0.15, 0.2) is 0 Å². The molecule has 2 aromatic rings. The van der Waals surface area contributed by atoms with Crippen molar-refractivity contribution in [2.45, 2.75) is 39.0 Å². The molecule has 6 heteroatoms. The highest BCUT2D eigenvalue weighted by molar-refractivity contribution is 5.96. The number of urea groups is 1. The van der Waals surface area contributed by atoms with E-state index in [1.807, 2.05) is 4.90 Å². The summed E-state index contributed by atoms with van der Waals surface area (Å²) in [5.74, 6) is 0.940. The molecule has 0 unspecified atom stereocenters. The maximum Gasteiger partial charge on any atom is 0.322 e. The fourth-order valence-electron chi connectivity index (χ4n) is 4.70. The Morgan fingerprint density at radius 3 is 2.66 bits per heavy atom. The first kappa shape index (κ1) is 18.3. The van der Waals surface area contributed by atoms with E-state index in [0.717, 1.165) is 49.6 Å². The third kappa shape index (κ3) is 3.31. The molecule has 0 aromatic heterocycles. The van der Waals surface area contributed by atoms with Gasteiger partial charge in [0.1, 0.15) is 11.4 Å². The van der Waals surface area contributed by atoms with Gasteiger partial charge in [-0.15, -0.1) is 0 Å². The minimum atomic E-state index is -0.198. The lowest BCUT2D eigenvalue weighted by Crippen LogP contribution is -2.46. The van der Waals surface area contributed by atoms with Crippen LogP contribution in [-0.2, 0) is 19.5 Å². The quantitative estimate of drug-likeness (QED) is 0.843. The van der Waals surface area contributed by atoms with Gasteiger partial charge in [0.2, 0.25) is 0 Å². The lowest BCUT2D eigenvalue weighted by molar-refractivity contribution is 0.137. The Balaban J connectivity index is 1.49. The number of para-hydroxylation sites is 1. The number of benzene rings is 2. The molecule has 0 spiro atoms. The highest BCUT2D eigenvalue weighted by Gasteiger charge is 2.33. The van der Waals surface area contributed by atoms with E-state index in [1.165, 1.54) is 16.8 Å². The van der Waals surface area contributed by atoms with Crippen molar-refractivity contribution in [1.29, 1.82) is 0 Å². The normalized spacial score (nSPS) is 20.0. The molecule has 0 bridgehead atoms. The first-order valence-electron chi connectivity index (χ1n) is 10.4. The van der Waals surface area contributed by atoms with E-state index in [2.05, 4.69) is 65.8 Å². The Hall–Kier alpha value is -2.73. The third-order valence-electron chi connectivity index (χ3n) is 6.04. The lowest BCUT2D eigenvalue weighted by Gasteiger charge is -2.36. The fraction of sp³-hybridized carbons (Fsp3) is 0.435. The molecule has 2 aromatic carbocycles. The average molecular weight is 393 g/mol. The number of amides is 2. The minimum Gasteiger partial charge on any atom is -0.487 e. The van der Waals surface area contributed by atoms with Crippen LogP contribution in [0.4, 0.5) is 16.2 Å². The molecule has 0 radical (unpaired) electrons. The van der Waals surface area contributed by atoms with Crippen molar-refractivity contribution in [1.82, 2.24) is 10.6 Å². The van der Waals surface area contributed by atoms with Crippen LogP contribution in [0.25, 0.3) is 0 Å². The number of anilines is 2. The molecule has 2 N–H and O–H groups in total.